The molecule has 1 fully saturated rings. The molecule has 0 unspecified atom stereocenters. The highest BCUT2D eigenvalue weighted by Gasteiger charge is 2.21. The van der Waals surface area contributed by atoms with Crippen molar-refractivity contribution in [2.45, 2.75) is 50.0 Å². The molecule has 2 N–H and O–H groups in total. The van der Waals surface area contributed by atoms with E-state index in [1.54, 1.807) is 24.3 Å². The monoisotopic (exact) mass is 396 g/mol. The fourth-order valence-corrected chi connectivity index (χ4v) is 4.52. The molecule has 0 amide bonds. The largest absolute Gasteiger partial charge is 0.364 e. The standard InChI is InChI=1S/C21H24N4O2S/c1-15-11-13-17(14-12-15)28(26,27)25-21-20(22-16-7-3-2-4-8-16)23-18-9-5-6-10-19(18)24-21/h5-6,9-14,16H,2-4,7-8H2,1H3,(H,22,23)(H,24,25). The number of nitrogens with one attached hydrogen (secondary N) is 2. The van der Waals surface area contributed by atoms with E-state index in [0.717, 1.165) is 23.9 Å². The lowest BCUT2D eigenvalue weighted by Crippen LogP contribution is -2.25. The van der Waals surface area contributed by atoms with Crippen LogP contribution in [0.15, 0.2) is 53.4 Å². The van der Waals surface area contributed by atoms with Crippen LogP contribution in [-0.2, 0) is 10.0 Å². The Hall–Kier alpha value is -2.67. The zero-order chi connectivity index (χ0) is 19.6. The smallest absolute Gasteiger partial charge is 0.263 e. The molecule has 28 heavy (non-hydrogen) atoms. The number of hydrogen-bond donors (Lipinski definition) is 2. The number of rotatable bonds is 5. The number of aryl methyl sites for hydroxylation is 1. The summed E-state index contributed by atoms with van der Waals surface area (Å²) in [5.74, 6) is 0.728. The van der Waals surface area contributed by atoms with Crippen molar-refractivity contribution >= 4 is 32.7 Å². The number of hydrogen-bond acceptors (Lipinski definition) is 5. The summed E-state index contributed by atoms with van der Waals surface area (Å²) in [7, 11) is -3.75. The molecule has 146 valence electrons. The summed E-state index contributed by atoms with van der Waals surface area (Å²) in [6, 6.07) is 14.5. The molecule has 1 aromatic heterocycles. The van der Waals surface area contributed by atoms with Crippen molar-refractivity contribution in [3.63, 3.8) is 0 Å². The maximum absolute atomic E-state index is 12.9. The zero-order valence-corrected chi connectivity index (χ0v) is 16.7. The zero-order valence-electron chi connectivity index (χ0n) is 15.9. The minimum absolute atomic E-state index is 0.205. The summed E-state index contributed by atoms with van der Waals surface area (Å²) >= 11 is 0. The van der Waals surface area contributed by atoms with Crippen molar-refractivity contribution in [3.05, 3.63) is 54.1 Å². The van der Waals surface area contributed by atoms with Crippen LogP contribution >= 0.6 is 0 Å². The van der Waals surface area contributed by atoms with Gasteiger partial charge < -0.3 is 5.32 Å². The SMILES string of the molecule is Cc1ccc(S(=O)(=O)Nc2nc3ccccc3nc2NC2CCCCC2)cc1. The predicted molar refractivity (Wildman–Crippen MR) is 112 cm³/mol. The molecular weight excluding hydrogens is 372 g/mol. The van der Waals surface area contributed by atoms with E-state index in [1.165, 1.54) is 19.3 Å². The number of aromatic nitrogens is 2. The summed E-state index contributed by atoms with van der Waals surface area (Å²) in [6.07, 6.45) is 5.69. The van der Waals surface area contributed by atoms with E-state index in [4.69, 9.17) is 0 Å². The van der Waals surface area contributed by atoms with Crippen LogP contribution in [0.3, 0.4) is 0 Å². The topological polar surface area (TPSA) is 84.0 Å². The van der Waals surface area contributed by atoms with Gasteiger partial charge in [0.05, 0.1) is 15.9 Å². The molecule has 1 aliphatic rings. The average molecular weight is 397 g/mol. The van der Waals surface area contributed by atoms with Gasteiger partial charge >= 0.3 is 0 Å². The summed E-state index contributed by atoms with van der Waals surface area (Å²) in [6.45, 7) is 1.92. The molecule has 2 aromatic carbocycles. The van der Waals surface area contributed by atoms with Crippen molar-refractivity contribution in [1.82, 2.24) is 9.97 Å². The molecule has 1 saturated carbocycles. The lowest BCUT2D eigenvalue weighted by atomic mass is 9.95. The Kier molecular flexibility index (Phi) is 5.17. The minimum Gasteiger partial charge on any atom is -0.364 e. The fraction of sp³-hybridized carbons (Fsp3) is 0.333. The van der Waals surface area contributed by atoms with Crippen molar-refractivity contribution in [2.24, 2.45) is 0 Å². The van der Waals surface area contributed by atoms with E-state index in [0.29, 0.717) is 11.3 Å². The number of sulfonamides is 1. The van der Waals surface area contributed by atoms with Crippen molar-refractivity contribution in [2.75, 3.05) is 10.0 Å². The van der Waals surface area contributed by atoms with Crippen LogP contribution in [-0.4, -0.2) is 24.4 Å². The van der Waals surface area contributed by atoms with E-state index in [9.17, 15) is 8.42 Å². The van der Waals surface area contributed by atoms with Crippen molar-refractivity contribution in [1.29, 1.82) is 0 Å². The fourth-order valence-electron chi connectivity index (χ4n) is 3.52. The number of benzene rings is 2. The van der Waals surface area contributed by atoms with Gasteiger partial charge in [0.1, 0.15) is 0 Å². The molecule has 3 aromatic rings. The summed E-state index contributed by atoms with van der Waals surface area (Å²) in [5, 5.41) is 3.42. The lowest BCUT2D eigenvalue weighted by Gasteiger charge is -2.24. The molecular formula is C21H24N4O2S. The van der Waals surface area contributed by atoms with Gasteiger partial charge in [-0.3, -0.25) is 4.72 Å². The molecule has 0 atom stereocenters. The van der Waals surface area contributed by atoms with Gasteiger partial charge in [0.2, 0.25) is 0 Å². The summed E-state index contributed by atoms with van der Waals surface area (Å²) < 4.78 is 28.4. The first-order valence-electron chi connectivity index (χ1n) is 9.64. The molecule has 0 spiro atoms. The lowest BCUT2D eigenvalue weighted by molar-refractivity contribution is 0.462. The Bertz CT molecular complexity index is 1080. The molecule has 7 heteroatoms. The minimum atomic E-state index is -3.75. The van der Waals surface area contributed by atoms with Crippen molar-refractivity contribution in [3.8, 4) is 0 Å². The molecule has 0 bridgehead atoms. The second-order valence-electron chi connectivity index (χ2n) is 7.31. The van der Waals surface area contributed by atoms with Gasteiger partial charge in [0.25, 0.3) is 10.0 Å². The molecule has 1 heterocycles. The van der Waals surface area contributed by atoms with Crippen LogP contribution < -0.4 is 10.0 Å². The average Bonchev–Trinajstić information content (AvgIpc) is 2.69. The molecule has 0 aliphatic heterocycles. The van der Waals surface area contributed by atoms with Crippen LogP contribution in [0.2, 0.25) is 0 Å². The Labute approximate surface area is 165 Å². The Balaban J connectivity index is 1.71. The Morgan fingerprint density at radius 3 is 2.11 bits per heavy atom. The van der Waals surface area contributed by atoms with Crippen LogP contribution in [0, 0.1) is 6.92 Å². The maximum atomic E-state index is 12.9. The molecule has 1 aliphatic carbocycles. The number of para-hydroxylation sites is 2. The van der Waals surface area contributed by atoms with Crippen LogP contribution in [0.25, 0.3) is 11.0 Å². The van der Waals surface area contributed by atoms with Crippen LogP contribution in [0.4, 0.5) is 11.6 Å². The Morgan fingerprint density at radius 2 is 1.46 bits per heavy atom. The quantitative estimate of drug-likeness (QED) is 0.664. The Morgan fingerprint density at radius 1 is 0.857 bits per heavy atom. The van der Waals surface area contributed by atoms with Crippen LogP contribution in [0.5, 0.6) is 0 Å². The highest BCUT2D eigenvalue weighted by molar-refractivity contribution is 7.92. The second-order valence-corrected chi connectivity index (χ2v) is 8.99. The van der Waals surface area contributed by atoms with Crippen molar-refractivity contribution < 1.29 is 8.42 Å². The van der Waals surface area contributed by atoms with E-state index in [2.05, 4.69) is 20.0 Å². The summed E-state index contributed by atoms with van der Waals surface area (Å²) in [5.41, 5.74) is 2.39. The van der Waals surface area contributed by atoms with Gasteiger partial charge in [-0.1, -0.05) is 49.1 Å². The third-order valence-corrected chi connectivity index (χ3v) is 6.43. The molecule has 0 radical (unpaired) electrons. The van der Waals surface area contributed by atoms with Crippen LogP contribution in [0.1, 0.15) is 37.7 Å². The number of fused-ring (bicyclic) bond motifs is 1. The van der Waals surface area contributed by atoms with E-state index in [-0.39, 0.29) is 16.8 Å². The second kappa shape index (κ2) is 7.75. The predicted octanol–water partition coefficient (Wildman–Crippen LogP) is 4.48. The first kappa shape index (κ1) is 18.7. The first-order valence-corrected chi connectivity index (χ1v) is 11.1. The molecule has 4 rings (SSSR count). The normalized spacial score (nSPS) is 15.5. The number of anilines is 2. The number of nitrogens with zero attached hydrogens (tertiary/aromatic N) is 2. The van der Waals surface area contributed by atoms with Gasteiger partial charge in [-0.05, 0) is 44.0 Å². The van der Waals surface area contributed by atoms with Gasteiger partial charge in [-0.15, -0.1) is 0 Å². The highest BCUT2D eigenvalue weighted by atomic mass is 32.2. The van der Waals surface area contributed by atoms with Gasteiger partial charge in [0.15, 0.2) is 11.6 Å². The first-order chi connectivity index (χ1) is 13.5. The van der Waals surface area contributed by atoms with Gasteiger partial charge in [0, 0.05) is 6.04 Å². The van der Waals surface area contributed by atoms with E-state index >= 15 is 0 Å². The highest BCUT2D eigenvalue weighted by Crippen LogP contribution is 2.28. The van der Waals surface area contributed by atoms with E-state index in [1.807, 2.05) is 31.2 Å². The van der Waals surface area contributed by atoms with E-state index < -0.39 is 10.0 Å². The van der Waals surface area contributed by atoms with Gasteiger partial charge in [-0.2, -0.15) is 0 Å². The maximum Gasteiger partial charge on any atom is 0.263 e. The third-order valence-electron chi connectivity index (χ3n) is 5.08. The van der Waals surface area contributed by atoms with Gasteiger partial charge in [-0.25, -0.2) is 18.4 Å². The molecule has 6 nitrogen and oxygen atoms in total. The summed E-state index contributed by atoms with van der Waals surface area (Å²) in [4.78, 5) is 9.42. The molecule has 0 saturated heterocycles. The third kappa shape index (κ3) is 4.09.